The van der Waals surface area contributed by atoms with E-state index in [1.54, 1.807) is 0 Å². The van der Waals surface area contributed by atoms with Crippen molar-refractivity contribution >= 4 is 12.0 Å². The summed E-state index contributed by atoms with van der Waals surface area (Å²) in [5, 5.41) is 79.6. The van der Waals surface area contributed by atoms with Crippen LogP contribution in [-0.2, 0) is 23.7 Å². The molecule has 202 valence electrons. The maximum absolute atomic E-state index is 12.1. The van der Waals surface area contributed by atoms with Crippen LogP contribution in [0.4, 0.5) is 0 Å². The van der Waals surface area contributed by atoms with E-state index in [4.69, 9.17) is 23.7 Å². The second kappa shape index (κ2) is 11.8. The molecule has 2 saturated heterocycles. The van der Waals surface area contributed by atoms with Crippen LogP contribution in [0.15, 0.2) is 24.3 Å². The summed E-state index contributed by atoms with van der Waals surface area (Å²) in [7, 11) is 1.36. The molecule has 0 amide bonds. The van der Waals surface area contributed by atoms with E-state index < -0.39 is 80.6 Å². The average Bonchev–Trinajstić information content (AvgIpc) is 3.12. The molecule has 8 N–H and O–H groups in total. The number of rotatable bonds is 9. The number of carbonyl (C=O) groups excluding carboxylic acids is 1. The molecular weight excluding hydrogens is 488 g/mol. The van der Waals surface area contributed by atoms with Crippen LogP contribution in [-0.4, -0.2) is 129 Å². The van der Waals surface area contributed by atoms with Gasteiger partial charge in [-0.2, -0.15) is 0 Å². The number of aliphatic hydroxyl groups is 7. The predicted octanol–water partition coefficient (Wildman–Crippen LogP) is -3.42. The maximum Gasteiger partial charge on any atom is 0.330 e. The summed E-state index contributed by atoms with van der Waals surface area (Å²) in [5.74, 6) is -3.07. The molecule has 9 atom stereocenters. The summed E-state index contributed by atoms with van der Waals surface area (Å²) in [6, 6.07) is 4.36. The van der Waals surface area contributed by atoms with Crippen LogP contribution in [0.1, 0.15) is 5.56 Å². The van der Waals surface area contributed by atoms with Gasteiger partial charge in [-0.15, -0.1) is 0 Å². The average molecular weight is 518 g/mol. The summed E-state index contributed by atoms with van der Waals surface area (Å²) in [6.45, 7) is -2.34. The molecule has 2 heterocycles. The number of methoxy groups -OCH3 is 1. The summed E-state index contributed by atoms with van der Waals surface area (Å²) < 4.78 is 26.0. The lowest BCUT2D eigenvalue weighted by atomic mass is 9.99. The molecule has 0 aromatic heterocycles. The third-order valence-corrected chi connectivity index (χ3v) is 5.90. The fourth-order valence-electron chi connectivity index (χ4n) is 3.79. The topological polar surface area (TPSA) is 225 Å². The van der Waals surface area contributed by atoms with Crippen LogP contribution in [0.3, 0.4) is 0 Å². The fraction of sp³-hybridized carbons (Fsp3) is 0.591. The first kappa shape index (κ1) is 28.2. The van der Waals surface area contributed by atoms with Gasteiger partial charge in [-0.05, 0) is 23.8 Å². The highest BCUT2D eigenvalue weighted by Gasteiger charge is 2.58. The number of esters is 1. The molecule has 14 nitrogen and oxygen atoms in total. The Hall–Kier alpha value is -2.37. The second-order valence-electron chi connectivity index (χ2n) is 8.27. The molecule has 0 spiro atoms. The first-order chi connectivity index (χ1) is 17.1. The molecule has 2 aliphatic rings. The zero-order valence-electron chi connectivity index (χ0n) is 19.2. The Morgan fingerprint density at radius 3 is 2.39 bits per heavy atom. The second-order valence-corrected chi connectivity index (χ2v) is 8.27. The van der Waals surface area contributed by atoms with Crippen molar-refractivity contribution in [2.45, 2.75) is 54.8 Å². The Balaban J connectivity index is 1.64. The van der Waals surface area contributed by atoms with Gasteiger partial charge in [-0.1, -0.05) is 6.07 Å². The Labute approximate surface area is 205 Å². The molecule has 36 heavy (non-hydrogen) atoms. The fourth-order valence-corrected chi connectivity index (χ4v) is 3.79. The number of phenols is 1. The van der Waals surface area contributed by atoms with Crippen LogP contribution in [0.2, 0.25) is 0 Å². The lowest BCUT2D eigenvalue weighted by Crippen LogP contribution is -2.62. The van der Waals surface area contributed by atoms with Crippen molar-refractivity contribution in [3.63, 3.8) is 0 Å². The molecule has 14 heteroatoms. The van der Waals surface area contributed by atoms with E-state index in [2.05, 4.69) is 0 Å². The van der Waals surface area contributed by atoms with Crippen molar-refractivity contribution in [2.24, 2.45) is 0 Å². The predicted molar refractivity (Wildman–Crippen MR) is 116 cm³/mol. The zero-order valence-corrected chi connectivity index (χ0v) is 19.2. The van der Waals surface area contributed by atoms with E-state index >= 15 is 0 Å². The number of aromatic hydroxyl groups is 1. The van der Waals surface area contributed by atoms with E-state index in [-0.39, 0.29) is 11.5 Å². The quantitative estimate of drug-likeness (QED) is 0.118. The first-order valence-corrected chi connectivity index (χ1v) is 10.9. The van der Waals surface area contributed by atoms with Crippen molar-refractivity contribution in [1.82, 2.24) is 0 Å². The van der Waals surface area contributed by atoms with Crippen molar-refractivity contribution < 1.29 is 69.3 Å². The zero-order chi connectivity index (χ0) is 26.6. The number of aliphatic hydroxyl groups excluding tert-OH is 7. The highest BCUT2D eigenvalue weighted by atomic mass is 16.8. The minimum Gasteiger partial charge on any atom is -0.504 e. The maximum atomic E-state index is 12.1. The van der Waals surface area contributed by atoms with E-state index in [1.165, 1.54) is 31.4 Å². The normalized spacial score (nSPS) is 36.8. The summed E-state index contributed by atoms with van der Waals surface area (Å²) in [5.41, 5.74) is 0.510. The van der Waals surface area contributed by atoms with Gasteiger partial charge >= 0.3 is 5.97 Å². The van der Waals surface area contributed by atoms with Gasteiger partial charge in [0.15, 0.2) is 17.8 Å². The van der Waals surface area contributed by atoms with Gasteiger partial charge in [0.05, 0.1) is 13.7 Å². The molecule has 2 aliphatic heterocycles. The smallest absolute Gasteiger partial charge is 0.330 e. The van der Waals surface area contributed by atoms with Crippen LogP contribution >= 0.6 is 0 Å². The minimum absolute atomic E-state index is 0.0851. The molecule has 0 aliphatic carbocycles. The van der Waals surface area contributed by atoms with E-state index in [1.807, 2.05) is 0 Å². The Kier molecular flexibility index (Phi) is 9.23. The molecule has 2 fully saturated rings. The van der Waals surface area contributed by atoms with Gasteiger partial charge in [0.25, 0.3) is 0 Å². The molecule has 1 aromatic carbocycles. The number of ether oxygens (including phenoxy) is 5. The van der Waals surface area contributed by atoms with Gasteiger partial charge in [0, 0.05) is 6.08 Å². The van der Waals surface area contributed by atoms with Crippen LogP contribution in [0.5, 0.6) is 11.5 Å². The number of hydrogen-bond donors (Lipinski definition) is 8. The molecule has 0 unspecified atom stereocenters. The minimum atomic E-state index is -2.32. The van der Waals surface area contributed by atoms with E-state index in [0.717, 1.165) is 6.08 Å². The van der Waals surface area contributed by atoms with Crippen LogP contribution in [0.25, 0.3) is 6.08 Å². The molecule has 3 rings (SSSR count). The van der Waals surface area contributed by atoms with Crippen LogP contribution in [0, 0.1) is 0 Å². The lowest BCUT2D eigenvalue weighted by Gasteiger charge is -2.43. The highest BCUT2D eigenvalue weighted by Crippen LogP contribution is 2.36. The molecule has 1 aromatic rings. The van der Waals surface area contributed by atoms with Gasteiger partial charge < -0.3 is 64.5 Å². The third-order valence-electron chi connectivity index (χ3n) is 5.90. The van der Waals surface area contributed by atoms with Crippen LogP contribution < -0.4 is 4.74 Å². The molecule has 0 bridgehead atoms. The number of phenolic OH excluding ortho intramolecular Hbond substituents is 1. The van der Waals surface area contributed by atoms with Gasteiger partial charge in [-0.25, -0.2) is 4.79 Å². The number of carbonyl (C=O) groups is 1. The number of benzene rings is 1. The van der Waals surface area contributed by atoms with Gasteiger partial charge in [0.2, 0.25) is 5.79 Å². The monoisotopic (exact) mass is 518 g/mol. The van der Waals surface area contributed by atoms with Crippen molar-refractivity contribution in [1.29, 1.82) is 0 Å². The van der Waals surface area contributed by atoms with E-state index in [9.17, 15) is 45.6 Å². The highest BCUT2D eigenvalue weighted by molar-refractivity contribution is 5.87. The summed E-state index contributed by atoms with van der Waals surface area (Å²) >= 11 is 0. The van der Waals surface area contributed by atoms with E-state index in [0.29, 0.717) is 5.56 Å². The SMILES string of the molecule is COc1cc(C=CC(=O)OC[C@@H]2O[C@@H](O[C@]3(CO)O[C@@H](CO)[C@@H](O)[C@H]3O)[C@@H](O)[C@@H](O)[C@@H]2O)ccc1O. The number of hydrogen-bond acceptors (Lipinski definition) is 14. The summed E-state index contributed by atoms with van der Waals surface area (Å²) in [4.78, 5) is 12.1. The molecule has 0 saturated carbocycles. The van der Waals surface area contributed by atoms with Crippen molar-refractivity contribution in [3.8, 4) is 11.5 Å². The Morgan fingerprint density at radius 2 is 1.78 bits per heavy atom. The summed E-state index contributed by atoms with van der Waals surface area (Å²) in [6.07, 6.45) is -11.1. The first-order valence-electron chi connectivity index (χ1n) is 10.9. The largest absolute Gasteiger partial charge is 0.504 e. The standard InChI is InChI=1S/C22H30O14/c1-32-12-6-10(2-4-11(12)25)3-5-15(26)33-8-14-16(27)18(29)19(30)21(34-14)36-22(9-24)20(31)17(28)13(7-23)35-22/h2-6,13-14,16-21,23-25,27-31H,7-9H2,1H3/t13-,14-,16+,17+,18-,19-,20+,21-,22-/m0/s1. The Bertz CT molecular complexity index is 924. The van der Waals surface area contributed by atoms with Gasteiger partial charge in [0.1, 0.15) is 55.9 Å². The molecule has 0 radical (unpaired) electrons. The molecular formula is C22H30O14. The Morgan fingerprint density at radius 1 is 1.06 bits per heavy atom. The van der Waals surface area contributed by atoms with Crippen molar-refractivity contribution in [2.75, 3.05) is 26.9 Å². The lowest BCUT2D eigenvalue weighted by molar-refractivity contribution is -0.383. The van der Waals surface area contributed by atoms with Gasteiger partial charge in [-0.3, -0.25) is 0 Å². The third kappa shape index (κ3) is 5.78. The van der Waals surface area contributed by atoms with Crippen molar-refractivity contribution in [3.05, 3.63) is 29.8 Å².